The van der Waals surface area contributed by atoms with E-state index in [0.717, 1.165) is 16.7 Å². The van der Waals surface area contributed by atoms with Gasteiger partial charge >= 0.3 is 0 Å². The molecule has 0 aliphatic rings. The second-order valence-electron chi connectivity index (χ2n) is 7.75. The average molecular weight is 376 g/mol. The molecular formula is C21H29NO3S. The van der Waals surface area contributed by atoms with Gasteiger partial charge in [-0.25, -0.2) is 13.1 Å². The zero-order valence-electron chi connectivity index (χ0n) is 15.9. The van der Waals surface area contributed by atoms with Crippen molar-refractivity contribution in [1.29, 1.82) is 0 Å². The molecule has 0 radical (unpaired) electrons. The van der Waals surface area contributed by atoms with Crippen LogP contribution in [0.2, 0.25) is 0 Å². The standard InChI is InChI=1S/C21H29NO3S/c1-21(2,3)13-14-26(23,24)22-15-18-9-11-20(12-10-18)17-25-16-19-7-5-4-6-8-19/h4-12,22H,13-17H2,1-3H3. The number of rotatable bonds is 9. The summed E-state index contributed by atoms with van der Waals surface area (Å²) in [7, 11) is -3.24. The van der Waals surface area contributed by atoms with E-state index in [1.54, 1.807) is 0 Å². The molecular weight excluding hydrogens is 346 g/mol. The molecule has 26 heavy (non-hydrogen) atoms. The average Bonchev–Trinajstić information content (AvgIpc) is 2.60. The van der Waals surface area contributed by atoms with Crippen molar-refractivity contribution in [2.24, 2.45) is 5.41 Å². The van der Waals surface area contributed by atoms with E-state index in [0.29, 0.717) is 26.2 Å². The molecule has 0 aliphatic heterocycles. The van der Waals surface area contributed by atoms with Gasteiger partial charge in [0, 0.05) is 6.54 Å². The van der Waals surface area contributed by atoms with Gasteiger partial charge in [-0.2, -0.15) is 0 Å². The quantitative estimate of drug-likeness (QED) is 0.712. The second kappa shape index (κ2) is 9.31. The van der Waals surface area contributed by atoms with Crippen molar-refractivity contribution in [3.05, 3.63) is 71.3 Å². The number of hydrogen-bond acceptors (Lipinski definition) is 3. The van der Waals surface area contributed by atoms with Crippen LogP contribution in [0.4, 0.5) is 0 Å². The van der Waals surface area contributed by atoms with Crippen LogP contribution in [-0.2, 0) is 34.5 Å². The maximum atomic E-state index is 12.1. The normalized spacial score (nSPS) is 12.3. The summed E-state index contributed by atoms with van der Waals surface area (Å²) in [4.78, 5) is 0. The van der Waals surface area contributed by atoms with Gasteiger partial charge in [0.25, 0.3) is 0 Å². The third-order valence-electron chi connectivity index (χ3n) is 4.02. The molecule has 0 amide bonds. The summed E-state index contributed by atoms with van der Waals surface area (Å²) in [6.45, 7) is 7.56. The van der Waals surface area contributed by atoms with E-state index in [-0.39, 0.29) is 11.2 Å². The van der Waals surface area contributed by atoms with Gasteiger partial charge in [0.15, 0.2) is 0 Å². The van der Waals surface area contributed by atoms with E-state index >= 15 is 0 Å². The van der Waals surface area contributed by atoms with Crippen molar-refractivity contribution in [3.8, 4) is 0 Å². The molecule has 0 saturated heterocycles. The highest BCUT2D eigenvalue weighted by Crippen LogP contribution is 2.19. The van der Waals surface area contributed by atoms with Gasteiger partial charge in [-0.05, 0) is 28.5 Å². The largest absolute Gasteiger partial charge is 0.372 e. The molecule has 5 heteroatoms. The van der Waals surface area contributed by atoms with E-state index in [1.807, 2.05) is 75.4 Å². The minimum atomic E-state index is -3.24. The molecule has 0 saturated carbocycles. The topological polar surface area (TPSA) is 55.4 Å². The van der Waals surface area contributed by atoms with Crippen LogP contribution >= 0.6 is 0 Å². The first kappa shape index (κ1) is 20.6. The fraction of sp³-hybridized carbons (Fsp3) is 0.429. The summed E-state index contributed by atoms with van der Waals surface area (Å²) in [5.74, 6) is 0.155. The van der Waals surface area contributed by atoms with Gasteiger partial charge in [-0.1, -0.05) is 75.4 Å². The zero-order chi connectivity index (χ0) is 19.0. The smallest absolute Gasteiger partial charge is 0.211 e. The van der Waals surface area contributed by atoms with Crippen LogP contribution in [0.3, 0.4) is 0 Å². The van der Waals surface area contributed by atoms with E-state index in [2.05, 4.69) is 4.72 Å². The predicted octanol–water partition coefficient (Wildman–Crippen LogP) is 4.26. The van der Waals surface area contributed by atoms with Gasteiger partial charge in [0.2, 0.25) is 10.0 Å². The fourth-order valence-electron chi connectivity index (χ4n) is 2.32. The first-order chi connectivity index (χ1) is 12.2. The number of sulfonamides is 1. The fourth-order valence-corrected chi connectivity index (χ4v) is 3.73. The minimum absolute atomic E-state index is 0.0101. The van der Waals surface area contributed by atoms with Crippen LogP contribution in [0.25, 0.3) is 0 Å². The van der Waals surface area contributed by atoms with Gasteiger partial charge in [-0.15, -0.1) is 0 Å². The summed E-state index contributed by atoms with van der Waals surface area (Å²) < 4.78 is 32.5. The lowest BCUT2D eigenvalue weighted by Gasteiger charge is -2.17. The van der Waals surface area contributed by atoms with Crippen molar-refractivity contribution >= 4 is 10.0 Å². The second-order valence-corrected chi connectivity index (χ2v) is 9.67. The third kappa shape index (κ3) is 8.13. The van der Waals surface area contributed by atoms with E-state index in [1.165, 1.54) is 0 Å². The highest BCUT2D eigenvalue weighted by Gasteiger charge is 2.16. The Kier molecular flexibility index (Phi) is 7.38. The Hall–Kier alpha value is -1.69. The number of nitrogens with one attached hydrogen (secondary N) is 1. The van der Waals surface area contributed by atoms with Gasteiger partial charge < -0.3 is 4.74 Å². The highest BCUT2D eigenvalue weighted by molar-refractivity contribution is 7.89. The number of benzene rings is 2. The first-order valence-electron chi connectivity index (χ1n) is 8.90. The van der Waals surface area contributed by atoms with Crippen LogP contribution < -0.4 is 4.72 Å². The highest BCUT2D eigenvalue weighted by atomic mass is 32.2. The lowest BCUT2D eigenvalue weighted by atomic mass is 9.94. The molecule has 1 N–H and O–H groups in total. The Labute approximate surface area is 157 Å². The molecule has 0 aromatic heterocycles. The number of ether oxygens (including phenoxy) is 1. The van der Waals surface area contributed by atoms with Crippen molar-refractivity contribution in [1.82, 2.24) is 4.72 Å². The molecule has 0 aliphatic carbocycles. The minimum Gasteiger partial charge on any atom is -0.372 e. The van der Waals surface area contributed by atoms with Crippen LogP contribution in [0.5, 0.6) is 0 Å². The Morgan fingerprint density at radius 2 is 1.38 bits per heavy atom. The summed E-state index contributed by atoms with van der Waals surface area (Å²) in [5, 5.41) is 0. The van der Waals surface area contributed by atoms with Gasteiger partial charge in [0.05, 0.1) is 19.0 Å². The lowest BCUT2D eigenvalue weighted by molar-refractivity contribution is 0.107. The summed E-state index contributed by atoms with van der Waals surface area (Å²) in [6, 6.07) is 17.9. The maximum Gasteiger partial charge on any atom is 0.211 e. The molecule has 0 spiro atoms. The maximum absolute atomic E-state index is 12.1. The Morgan fingerprint density at radius 1 is 0.846 bits per heavy atom. The molecule has 2 aromatic rings. The van der Waals surface area contributed by atoms with E-state index in [4.69, 9.17) is 4.74 Å². The van der Waals surface area contributed by atoms with E-state index < -0.39 is 10.0 Å². The van der Waals surface area contributed by atoms with Gasteiger partial charge in [0.1, 0.15) is 0 Å². The van der Waals surface area contributed by atoms with Crippen LogP contribution in [0.15, 0.2) is 54.6 Å². The van der Waals surface area contributed by atoms with Crippen molar-refractivity contribution < 1.29 is 13.2 Å². The Morgan fingerprint density at radius 3 is 1.96 bits per heavy atom. The monoisotopic (exact) mass is 375 g/mol. The van der Waals surface area contributed by atoms with Crippen LogP contribution in [0.1, 0.15) is 43.9 Å². The molecule has 142 valence electrons. The lowest BCUT2D eigenvalue weighted by Crippen LogP contribution is -2.28. The Bertz CT molecular complexity index is 763. The molecule has 0 unspecified atom stereocenters. The zero-order valence-corrected chi connectivity index (χ0v) is 16.7. The molecule has 2 rings (SSSR count). The summed E-state index contributed by atoms with van der Waals surface area (Å²) in [5.41, 5.74) is 3.17. The van der Waals surface area contributed by atoms with Crippen LogP contribution in [0, 0.1) is 5.41 Å². The first-order valence-corrected chi connectivity index (χ1v) is 10.6. The van der Waals surface area contributed by atoms with Crippen molar-refractivity contribution in [3.63, 3.8) is 0 Å². The van der Waals surface area contributed by atoms with E-state index in [9.17, 15) is 8.42 Å². The molecule has 4 nitrogen and oxygen atoms in total. The molecule has 0 fully saturated rings. The molecule has 2 aromatic carbocycles. The SMILES string of the molecule is CC(C)(C)CCS(=O)(=O)NCc1ccc(COCc2ccccc2)cc1. The predicted molar refractivity (Wildman–Crippen MR) is 106 cm³/mol. The number of hydrogen-bond donors (Lipinski definition) is 1. The molecule has 0 bridgehead atoms. The summed E-state index contributed by atoms with van der Waals surface area (Å²) in [6.07, 6.45) is 0.639. The van der Waals surface area contributed by atoms with Gasteiger partial charge in [-0.3, -0.25) is 0 Å². The van der Waals surface area contributed by atoms with Crippen molar-refractivity contribution in [2.75, 3.05) is 5.75 Å². The Balaban J connectivity index is 1.76. The summed E-state index contributed by atoms with van der Waals surface area (Å²) >= 11 is 0. The third-order valence-corrected chi connectivity index (χ3v) is 5.35. The van der Waals surface area contributed by atoms with Crippen molar-refractivity contribution in [2.45, 2.75) is 47.0 Å². The van der Waals surface area contributed by atoms with Crippen LogP contribution in [-0.4, -0.2) is 14.2 Å². The molecule has 0 atom stereocenters. The molecule has 0 heterocycles.